The second kappa shape index (κ2) is 11.8. The molecule has 0 aliphatic rings. The fourth-order valence-corrected chi connectivity index (χ4v) is 4.60. The minimum atomic E-state index is -4.06. The zero-order valence-corrected chi connectivity index (χ0v) is 20.7. The van der Waals surface area contributed by atoms with E-state index in [-0.39, 0.29) is 18.7 Å². The van der Waals surface area contributed by atoms with Gasteiger partial charge in [0.2, 0.25) is 21.8 Å². The Hall–Kier alpha value is -3.79. The van der Waals surface area contributed by atoms with Crippen LogP contribution in [0.4, 0.5) is 14.5 Å². The van der Waals surface area contributed by atoms with Gasteiger partial charge >= 0.3 is 0 Å². The third kappa shape index (κ3) is 6.88. The maximum Gasteiger partial charge on any atom is 0.244 e. The smallest absolute Gasteiger partial charge is 0.244 e. The van der Waals surface area contributed by atoms with Gasteiger partial charge in [-0.05, 0) is 23.3 Å². The van der Waals surface area contributed by atoms with Crippen molar-refractivity contribution >= 4 is 27.5 Å². The molecule has 0 spiro atoms. The third-order valence-electron chi connectivity index (χ3n) is 5.58. The van der Waals surface area contributed by atoms with E-state index in [0.717, 1.165) is 29.5 Å². The van der Waals surface area contributed by atoms with Crippen LogP contribution < -0.4 is 9.62 Å². The molecule has 10 heteroatoms. The van der Waals surface area contributed by atoms with Crippen molar-refractivity contribution in [2.45, 2.75) is 19.0 Å². The Bertz CT molecular complexity index is 1310. The van der Waals surface area contributed by atoms with E-state index in [4.69, 9.17) is 0 Å². The second-order valence-corrected chi connectivity index (χ2v) is 10.1. The van der Waals surface area contributed by atoms with Crippen LogP contribution in [-0.4, -0.2) is 51.0 Å². The maximum atomic E-state index is 13.9. The van der Waals surface area contributed by atoms with Crippen LogP contribution in [0.15, 0.2) is 78.9 Å². The van der Waals surface area contributed by atoms with Crippen molar-refractivity contribution in [3.8, 4) is 0 Å². The van der Waals surface area contributed by atoms with E-state index in [1.165, 1.54) is 11.9 Å². The number of carbonyl (C=O) groups is 2. The number of rotatable bonds is 10. The Labute approximate surface area is 209 Å². The SMILES string of the molecule is CNC(=O)[C@H](Cc1ccccc1)N(Cc1ccccc1)C(=O)CN(c1ccc(F)c(F)c1)S(C)(=O)=O. The van der Waals surface area contributed by atoms with Gasteiger partial charge in [-0.1, -0.05) is 60.7 Å². The molecule has 3 rings (SSSR count). The van der Waals surface area contributed by atoms with Gasteiger partial charge < -0.3 is 10.2 Å². The van der Waals surface area contributed by atoms with E-state index in [1.807, 2.05) is 36.4 Å². The van der Waals surface area contributed by atoms with Crippen LogP contribution in [0.25, 0.3) is 0 Å². The first-order valence-corrected chi connectivity index (χ1v) is 13.0. The number of sulfonamides is 1. The van der Waals surface area contributed by atoms with E-state index in [9.17, 15) is 26.8 Å². The number of carbonyl (C=O) groups excluding carboxylic acids is 2. The Morgan fingerprint density at radius 2 is 1.47 bits per heavy atom. The van der Waals surface area contributed by atoms with Crippen molar-refractivity contribution in [2.24, 2.45) is 0 Å². The number of likely N-dealkylation sites (N-methyl/N-ethyl adjacent to an activating group) is 1. The van der Waals surface area contributed by atoms with Crippen LogP contribution in [0.2, 0.25) is 0 Å². The molecule has 3 aromatic rings. The minimum absolute atomic E-state index is 0.0278. The Kier molecular flexibility index (Phi) is 8.76. The largest absolute Gasteiger partial charge is 0.357 e. The normalized spacial score (nSPS) is 12.0. The zero-order chi connectivity index (χ0) is 26.3. The van der Waals surface area contributed by atoms with Crippen molar-refractivity contribution in [3.63, 3.8) is 0 Å². The number of hydrogen-bond donors (Lipinski definition) is 1. The number of hydrogen-bond acceptors (Lipinski definition) is 4. The van der Waals surface area contributed by atoms with Crippen LogP contribution in [-0.2, 0) is 32.6 Å². The van der Waals surface area contributed by atoms with E-state index < -0.39 is 46.1 Å². The van der Waals surface area contributed by atoms with Gasteiger partial charge in [-0.15, -0.1) is 0 Å². The molecule has 0 aromatic heterocycles. The Balaban J connectivity index is 2.01. The van der Waals surface area contributed by atoms with Gasteiger partial charge in [0, 0.05) is 26.1 Å². The fraction of sp³-hybridized carbons (Fsp3) is 0.231. The molecule has 2 amide bonds. The lowest BCUT2D eigenvalue weighted by atomic mass is 10.0. The number of nitrogens with zero attached hydrogens (tertiary/aromatic N) is 2. The number of amides is 2. The highest BCUT2D eigenvalue weighted by molar-refractivity contribution is 7.92. The van der Waals surface area contributed by atoms with Gasteiger partial charge in [0.1, 0.15) is 12.6 Å². The zero-order valence-electron chi connectivity index (χ0n) is 19.9. The molecule has 0 fully saturated rings. The monoisotopic (exact) mass is 515 g/mol. The number of halogens is 2. The summed E-state index contributed by atoms with van der Waals surface area (Å²) in [7, 11) is -2.61. The molecule has 190 valence electrons. The molecule has 0 radical (unpaired) electrons. The van der Waals surface area contributed by atoms with Gasteiger partial charge in [0.15, 0.2) is 11.6 Å². The molecule has 0 bridgehead atoms. The number of anilines is 1. The highest BCUT2D eigenvalue weighted by atomic mass is 32.2. The standard InChI is InChI=1S/C26H27F2N3O4S/c1-29-26(33)24(15-19-9-5-3-6-10-19)30(17-20-11-7-4-8-12-20)25(32)18-31(36(2,34)35)21-13-14-22(27)23(28)16-21/h3-14,16,24H,15,17-18H2,1-2H3,(H,29,33)/t24-/m0/s1. The molecule has 3 aromatic carbocycles. The van der Waals surface area contributed by atoms with Gasteiger partial charge in [-0.25, -0.2) is 17.2 Å². The van der Waals surface area contributed by atoms with Gasteiger partial charge in [-0.3, -0.25) is 13.9 Å². The molecule has 0 saturated heterocycles. The first kappa shape index (κ1) is 26.8. The minimum Gasteiger partial charge on any atom is -0.357 e. The molecule has 7 nitrogen and oxygen atoms in total. The molecule has 0 saturated carbocycles. The van der Waals surface area contributed by atoms with Gasteiger partial charge in [0.25, 0.3) is 0 Å². The molecule has 36 heavy (non-hydrogen) atoms. The molecular formula is C26H27F2N3O4S. The van der Waals surface area contributed by atoms with Gasteiger partial charge in [-0.2, -0.15) is 0 Å². The second-order valence-electron chi connectivity index (χ2n) is 8.20. The molecule has 0 unspecified atom stereocenters. The molecule has 1 atom stereocenters. The summed E-state index contributed by atoms with van der Waals surface area (Å²) in [6, 6.07) is 19.7. The molecule has 0 heterocycles. The van der Waals surface area contributed by atoms with E-state index in [0.29, 0.717) is 10.4 Å². The highest BCUT2D eigenvalue weighted by Gasteiger charge is 2.32. The lowest BCUT2D eigenvalue weighted by Gasteiger charge is -2.33. The number of nitrogens with one attached hydrogen (secondary N) is 1. The lowest BCUT2D eigenvalue weighted by Crippen LogP contribution is -2.52. The summed E-state index contributed by atoms with van der Waals surface area (Å²) in [4.78, 5) is 27.9. The third-order valence-corrected chi connectivity index (χ3v) is 6.72. The summed E-state index contributed by atoms with van der Waals surface area (Å²) < 4.78 is 53.2. The predicted molar refractivity (Wildman–Crippen MR) is 134 cm³/mol. The molecule has 1 N–H and O–H groups in total. The topological polar surface area (TPSA) is 86.8 Å². The fourth-order valence-electron chi connectivity index (χ4n) is 3.75. The first-order valence-electron chi connectivity index (χ1n) is 11.1. The van der Waals surface area contributed by atoms with Crippen LogP contribution in [0.1, 0.15) is 11.1 Å². The van der Waals surface area contributed by atoms with E-state index in [2.05, 4.69) is 5.32 Å². The average Bonchev–Trinajstić information content (AvgIpc) is 2.86. The van der Waals surface area contributed by atoms with Crippen molar-refractivity contribution in [1.29, 1.82) is 0 Å². The summed E-state index contributed by atoms with van der Waals surface area (Å²) in [6.45, 7) is -0.682. The summed E-state index contributed by atoms with van der Waals surface area (Å²) in [5.74, 6) is -3.51. The van der Waals surface area contributed by atoms with Crippen molar-refractivity contribution < 1.29 is 26.8 Å². The Morgan fingerprint density at radius 1 is 0.889 bits per heavy atom. The summed E-state index contributed by atoms with van der Waals surface area (Å²) >= 11 is 0. The summed E-state index contributed by atoms with van der Waals surface area (Å²) in [5.41, 5.74) is 1.33. The van der Waals surface area contributed by atoms with Crippen LogP contribution in [0.5, 0.6) is 0 Å². The van der Waals surface area contributed by atoms with Crippen LogP contribution >= 0.6 is 0 Å². The lowest BCUT2D eigenvalue weighted by molar-refractivity contribution is -0.139. The maximum absolute atomic E-state index is 13.9. The van der Waals surface area contributed by atoms with Crippen LogP contribution in [0.3, 0.4) is 0 Å². The number of benzene rings is 3. The average molecular weight is 516 g/mol. The van der Waals surface area contributed by atoms with Gasteiger partial charge in [0.05, 0.1) is 11.9 Å². The molecule has 0 aliphatic heterocycles. The first-order chi connectivity index (χ1) is 17.1. The summed E-state index contributed by atoms with van der Waals surface area (Å²) in [6.07, 6.45) is 1.05. The quantitative estimate of drug-likeness (QED) is 0.450. The van der Waals surface area contributed by atoms with Crippen molar-refractivity contribution in [3.05, 3.63) is 102 Å². The highest BCUT2D eigenvalue weighted by Crippen LogP contribution is 2.22. The Morgan fingerprint density at radius 3 is 2.00 bits per heavy atom. The predicted octanol–water partition coefficient (Wildman–Crippen LogP) is 3.12. The molecular weight excluding hydrogens is 488 g/mol. The van der Waals surface area contributed by atoms with Crippen molar-refractivity contribution in [2.75, 3.05) is 24.2 Å². The summed E-state index contributed by atoms with van der Waals surface area (Å²) in [5, 5.41) is 2.58. The van der Waals surface area contributed by atoms with Crippen molar-refractivity contribution in [1.82, 2.24) is 10.2 Å². The van der Waals surface area contributed by atoms with E-state index in [1.54, 1.807) is 24.3 Å². The van der Waals surface area contributed by atoms with E-state index >= 15 is 0 Å². The van der Waals surface area contributed by atoms with Crippen LogP contribution in [0, 0.1) is 11.6 Å². The molecule has 0 aliphatic carbocycles.